The molecule has 0 aromatic heterocycles. The number of rotatable bonds is 5. The van der Waals surface area contributed by atoms with E-state index in [2.05, 4.69) is 36.6 Å². The van der Waals surface area contributed by atoms with Gasteiger partial charge in [0.1, 0.15) is 0 Å². The third-order valence-corrected chi connectivity index (χ3v) is 4.13. The molecule has 0 spiro atoms. The molecule has 2 rings (SSSR count). The number of halogens is 2. The fourth-order valence-corrected chi connectivity index (χ4v) is 2.45. The molecular formula is C16H18Cl2N2. The number of nitrogens with two attached hydrogens (primary N) is 1. The highest BCUT2D eigenvalue weighted by atomic mass is 35.5. The van der Waals surface area contributed by atoms with Gasteiger partial charge in [0.25, 0.3) is 0 Å². The van der Waals surface area contributed by atoms with Gasteiger partial charge in [0.05, 0.1) is 10.0 Å². The van der Waals surface area contributed by atoms with Crippen LogP contribution in [0.2, 0.25) is 10.0 Å². The summed E-state index contributed by atoms with van der Waals surface area (Å²) in [5.41, 5.74) is 6.47. The van der Waals surface area contributed by atoms with Gasteiger partial charge in [-0.1, -0.05) is 59.1 Å². The molecule has 2 nitrogen and oxygen atoms in total. The summed E-state index contributed by atoms with van der Waals surface area (Å²) >= 11 is 12.0. The molecule has 2 aromatic rings. The van der Waals surface area contributed by atoms with Crippen molar-refractivity contribution in [1.82, 2.24) is 5.43 Å². The Kier molecular flexibility index (Phi) is 5.44. The summed E-state index contributed by atoms with van der Waals surface area (Å²) in [7, 11) is 0. The molecule has 0 amide bonds. The van der Waals surface area contributed by atoms with E-state index < -0.39 is 0 Å². The molecule has 0 heterocycles. The quantitative estimate of drug-likeness (QED) is 0.633. The van der Waals surface area contributed by atoms with E-state index in [0.29, 0.717) is 10.0 Å². The maximum absolute atomic E-state index is 6.05. The molecule has 1 atom stereocenters. The Labute approximate surface area is 129 Å². The highest BCUT2D eigenvalue weighted by molar-refractivity contribution is 6.42. The zero-order valence-electron chi connectivity index (χ0n) is 11.4. The van der Waals surface area contributed by atoms with E-state index in [9.17, 15) is 0 Å². The lowest BCUT2D eigenvalue weighted by atomic mass is 9.99. The number of hydrogen-bond acceptors (Lipinski definition) is 2. The molecule has 0 aliphatic heterocycles. The summed E-state index contributed by atoms with van der Waals surface area (Å²) in [6, 6.07) is 14.2. The second kappa shape index (κ2) is 7.09. The van der Waals surface area contributed by atoms with Crippen LogP contribution in [0, 0.1) is 6.92 Å². The Morgan fingerprint density at radius 3 is 2.35 bits per heavy atom. The summed E-state index contributed by atoms with van der Waals surface area (Å²) in [4.78, 5) is 0. The van der Waals surface area contributed by atoms with E-state index in [4.69, 9.17) is 29.0 Å². The topological polar surface area (TPSA) is 38.0 Å². The van der Waals surface area contributed by atoms with Crippen LogP contribution in [0.3, 0.4) is 0 Å². The van der Waals surface area contributed by atoms with Crippen LogP contribution in [0.1, 0.15) is 29.2 Å². The van der Waals surface area contributed by atoms with Gasteiger partial charge < -0.3 is 0 Å². The van der Waals surface area contributed by atoms with Gasteiger partial charge in [-0.3, -0.25) is 11.3 Å². The molecule has 0 saturated heterocycles. The first-order valence-corrected chi connectivity index (χ1v) is 7.32. The normalized spacial score (nSPS) is 12.4. The van der Waals surface area contributed by atoms with E-state index in [1.807, 2.05) is 12.1 Å². The van der Waals surface area contributed by atoms with E-state index in [1.165, 1.54) is 11.1 Å². The molecule has 0 radical (unpaired) electrons. The standard InChI is InChI=1S/C16H18Cl2N2/c1-11-2-4-12(5-3-11)6-9-16(20-19)13-7-8-14(17)15(18)10-13/h2-5,7-8,10,16,20H,6,9,19H2,1H3. The van der Waals surface area contributed by atoms with Crippen LogP contribution in [-0.2, 0) is 6.42 Å². The summed E-state index contributed by atoms with van der Waals surface area (Å²) in [5.74, 6) is 5.66. The first kappa shape index (κ1) is 15.3. The van der Waals surface area contributed by atoms with Crippen molar-refractivity contribution in [3.8, 4) is 0 Å². The van der Waals surface area contributed by atoms with Crippen molar-refractivity contribution in [2.45, 2.75) is 25.8 Å². The Balaban J connectivity index is 2.05. The van der Waals surface area contributed by atoms with Crippen LogP contribution in [0.25, 0.3) is 0 Å². The second-order valence-electron chi connectivity index (χ2n) is 4.92. The van der Waals surface area contributed by atoms with Crippen molar-refractivity contribution in [3.63, 3.8) is 0 Å². The lowest BCUT2D eigenvalue weighted by Gasteiger charge is -2.17. The molecule has 106 valence electrons. The van der Waals surface area contributed by atoms with Gasteiger partial charge in [-0.2, -0.15) is 0 Å². The molecule has 20 heavy (non-hydrogen) atoms. The molecule has 2 aromatic carbocycles. The number of hydrazine groups is 1. The van der Waals surface area contributed by atoms with Gasteiger partial charge in [0, 0.05) is 6.04 Å². The smallest absolute Gasteiger partial charge is 0.0595 e. The van der Waals surface area contributed by atoms with Gasteiger partial charge in [-0.25, -0.2) is 0 Å². The van der Waals surface area contributed by atoms with Gasteiger partial charge in [0.15, 0.2) is 0 Å². The van der Waals surface area contributed by atoms with Crippen LogP contribution in [0.5, 0.6) is 0 Å². The summed E-state index contributed by atoms with van der Waals surface area (Å²) < 4.78 is 0. The van der Waals surface area contributed by atoms with Gasteiger partial charge >= 0.3 is 0 Å². The average molecular weight is 309 g/mol. The lowest BCUT2D eigenvalue weighted by molar-refractivity contribution is 0.516. The predicted molar refractivity (Wildman–Crippen MR) is 86.0 cm³/mol. The zero-order valence-corrected chi connectivity index (χ0v) is 12.9. The average Bonchev–Trinajstić information content (AvgIpc) is 2.45. The molecule has 0 aliphatic carbocycles. The van der Waals surface area contributed by atoms with Crippen molar-refractivity contribution in [3.05, 3.63) is 69.2 Å². The SMILES string of the molecule is Cc1ccc(CCC(NN)c2ccc(Cl)c(Cl)c2)cc1. The Morgan fingerprint density at radius 1 is 1.05 bits per heavy atom. The largest absolute Gasteiger partial charge is 0.271 e. The van der Waals surface area contributed by atoms with Crippen LogP contribution in [0.4, 0.5) is 0 Å². The minimum Gasteiger partial charge on any atom is -0.271 e. The predicted octanol–water partition coefficient (Wildman–Crippen LogP) is 4.44. The third-order valence-electron chi connectivity index (χ3n) is 3.39. The first-order valence-electron chi connectivity index (χ1n) is 6.57. The summed E-state index contributed by atoms with van der Waals surface area (Å²) in [5, 5.41) is 1.12. The number of hydrogen-bond donors (Lipinski definition) is 2. The molecule has 0 aliphatic rings. The molecular weight excluding hydrogens is 291 g/mol. The van der Waals surface area contributed by atoms with Crippen molar-refractivity contribution < 1.29 is 0 Å². The van der Waals surface area contributed by atoms with E-state index in [0.717, 1.165) is 18.4 Å². The monoisotopic (exact) mass is 308 g/mol. The minimum atomic E-state index is 0.0612. The Morgan fingerprint density at radius 2 is 1.75 bits per heavy atom. The van der Waals surface area contributed by atoms with E-state index in [-0.39, 0.29) is 6.04 Å². The van der Waals surface area contributed by atoms with Crippen molar-refractivity contribution in [2.24, 2.45) is 5.84 Å². The molecule has 3 N–H and O–H groups in total. The van der Waals surface area contributed by atoms with Gasteiger partial charge in [0.2, 0.25) is 0 Å². The molecule has 0 fully saturated rings. The zero-order chi connectivity index (χ0) is 14.5. The van der Waals surface area contributed by atoms with Crippen molar-refractivity contribution in [1.29, 1.82) is 0 Å². The highest BCUT2D eigenvalue weighted by Gasteiger charge is 2.11. The van der Waals surface area contributed by atoms with Crippen molar-refractivity contribution in [2.75, 3.05) is 0 Å². The van der Waals surface area contributed by atoms with E-state index in [1.54, 1.807) is 6.07 Å². The Bertz CT molecular complexity index is 567. The fourth-order valence-electron chi connectivity index (χ4n) is 2.14. The minimum absolute atomic E-state index is 0.0612. The molecule has 1 unspecified atom stereocenters. The first-order chi connectivity index (χ1) is 9.60. The maximum Gasteiger partial charge on any atom is 0.0595 e. The number of aryl methyl sites for hydroxylation is 2. The van der Waals surface area contributed by atoms with Crippen molar-refractivity contribution >= 4 is 23.2 Å². The molecule has 0 saturated carbocycles. The van der Waals surface area contributed by atoms with Crippen LogP contribution >= 0.6 is 23.2 Å². The summed E-state index contributed by atoms with van der Waals surface area (Å²) in [6.45, 7) is 2.09. The van der Waals surface area contributed by atoms with E-state index >= 15 is 0 Å². The third kappa shape index (κ3) is 3.97. The lowest BCUT2D eigenvalue weighted by Crippen LogP contribution is -2.28. The van der Waals surface area contributed by atoms with Gasteiger partial charge in [-0.05, 0) is 43.0 Å². The fraction of sp³-hybridized carbons (Fsp3) is 0.250. The second-order valence-corrected chi connectivity index (χ2v) is 5.73. The molecule has 0 bridgehead atoms. The van der Waals surface area contributed by atoms with Crippen LogP contribution in [-0.4, -0.2) is 0 Å². The summed E-state index contributed by atoms with van der Waals surface area (Å²) in [6.07, 6.45) is 1.85. The maximum atomic E-state index is 6.05. The van der Waals surface area contributed by atoms with Crippen LogP contribution < -0.4 is 11.3 Å². The molecule has 4 heteroatoms. The number of benzene rings is 2. The van der Waals surface area contributed by atoms with Gasteiger partial charge in [-0.15, -0.1) is 0 Å². The van der Waals surface area contributed by atoms with Crippen LogP contribution in [0.15, 0.2) is 42.5 Å². The number of nitrogens with one attached hydrogen (secondary N) is 1. The highest BCUT2D eigenvalue weighted by Crippen LogP contribution is 2.27. The Hall–Kier alpha value is -1.06.